The van der Waals surface area contributed by atoms with E-state index in [1.165, 1.54) is 0 Å². The van der Waals surface area contributed by atoms with Crippen LogP contribution < -0.4 is 0 Å². The lowest BCUT2D eigenvalue weighted by Gasteiger charge is -2.23. The van der Waals surface area contributed by atoms with Gasteiger partial charge in [-0.15, -0.1) is 5.73 Å². The maximum Gasteiger partial charge on any atom is 0.313 e. The lowest BCUT2D eigenvalue weighted by molar-refractivity contribution is -0.145. The summed E-state index contributed by atoms with van der Waals surface area (Å²) in [6.07, 6.45) is 1.88. The Labute approximate surface area is 94.0 Å². The summed E-state index contributed by atoms with van der Waals surface area (Å²) in [5, 5.41) is 1.13. The normalized spacial score (nSPS) is 12.7. The minimum Gasteiger partial charge on any atom is -0.466 e. The number of carbonyl (C=O) groups excluding carboxylic acids is 1. The van der Waals surface area contributed by atoms with E-state index in [0.29, 0.717) is 6.61 Å². The summed E-state index contributed by atoms with van der Waals surface area (Å²) >= 11 is 0. The van der Waals surface area contributed by atoms with Gasteiger partial charge in [0.05, 0.1) is 20.6 Å². The van der Waals surface area contributed by atoms with Gasteiger partial charge in [0.1, 0.15) is 0 Å². The van der Waals surface area contributed by atoms with E-state index in [1.807, 2.05) is 26.8 Å². The smallest absolute Gasteiger partial charge is 0.313 e. The molecular formula is C12H22O2Si. The lowest BCUT2D eigenvalue weighted by atomic mass is 10.2. The van der Waals surface area contributed by atoms with Gasteiger partial charge in [-0.25, -0.2) is 0 Å². The molecule has 0 spiro atoms. The second kappa shape index (κ2) is 5.94. The third-order valence-corrected chi connectivity index (χ3v) is 4.37. The maximum atomic E-state index is 11.6. The fraction of sp³-hybridized carbons (Fsp3) is 0.667. The molecule has 0 aromatic heterocycles. The highest BCUT2D eigenvalue weighted by Crippen LogP contribution is 2.22. The van der Waals surface area contributed by atoms with Crippen LogP contribution in [0.4, 0.5) is 0 Å². The van der Waals surface area contributed by atoms with Gasteiger partial charge >= 0.3 is 5.97 Å². The molecule has 0 radical (unpaired) electrons. The zero-order valence-electron chi connectivity index (χ0n) is 10.7. The monoisotopic (exact) mass is 226 g/mol. The Morgan fingerprint density at radius 1 is 1.47 bits per heavy atom. The molecule has 0 aromatic carbocycles. The largest absolute Gasteiger partial charge is 0.466 e. The molecule has 0 aromatic rings. The van der Waals surface area contributed by atoms with Crippen molar-refractivity contribution in [3.05, 3.63) is 17.0 Å². The van der Waals surface area contributed by atoms with E-state index in [1.54, 1.807) is 0 Å². The Bertz CT molecular complexity index is 280. The summed E-state index contributed by atoms with van der Waals surface area (Å²) in [6.45, 7) is 12.8. The zero-order valence-corrected chi connectivity index (χ0v) is 11.7. The third-order valence-electron chi connectivity index (χ3n) is 2.18. The third kappa shape index (κ3) is 4.50. The fourth-order valence-corrected chi connectivity index (χ4v) is 3.53. The fourth-order valence-electron chi connectivity index (χ4n) is 1.53. The summed E-state index contributed by atoms with van der Waals surface area (Å²) < 4.78 is 5.03. The number of hydrogen-bond donors (Lipinski definition) is 0. The Hall–Kier alpha value is -0.793. The first kappa shape index (κ1) is 14.2. The SMILES string of the molecule is CC=C=C([C@H](C)C(=O)OCC)[Si](C)(C)C. The molecule has 0 aliphatic rings. The maximum absolute atomic E-state index is 11.6. The van der Waals surface area contributed by atoms with Crippen molar-refractivity contribution in [2.45, 2.75) is 40.4 Å². The molecule has 0 fully saturated rings. The molecule has 0 saturated carbocycles. The molecular weight excluding hydrogens is 204 g/mol. The van der Waals surface area contributed by atoms with Crippen LogP contribution in [-0.4, -0.2) is 20.7 Å². The highest BCUT2D eigenvalue weighted by atomic mass is 28.3. The summed E-state index contributed by atoms with van der Waals surface area (Å²) in [5.41, 5.74) is 3.21. The number of rotatable bonds is 4. The van der Waals surface area contributed by atoms with Crippen LogP contribution in [0.15, 0.2) is 17.0 Å². The van der Waals surface area contributed by atoms with E-state index < -0.39 is 8.07 Å². The van der Waals surface area contributed by atoms with Crippen LogP contribution in [0.1, 0.15) is 20.8 Å². The zero-order chi connectivity index (χ0) is 12.1. The van der Waals surface area contributed by atoms with Crippen molar-refractivity contribution >= 4 is 14.0 Å². The number of esters is 1. The van der Waals surface area contributed by atoms with E-state index in [9.17, 15) is 4.79 Å². The predicted molar refractivity (Wildman–Crippen MR) is 66.4 cm³/mol. The molecule has 1 atom stereocenters. The first-order chi connectivity index (χ1) is 6.84. The van der Waals surface area contributed by atoms with Crippen LogP contribution >= 0.6 is 0 Å². The molecule has 0 saturated heterocycles. The minimum absolute atomic E-state index is 0.135. The summed E-state index contributed by atoms with van der Waals surface area (Å²) in [7, 11) is -1.49. The highest BCUT2D eigenvalue weighted by Gasteiger charge is 2.29. The molecule has 0 rings (SSSR count). The Kier molecular flexibility index (Phi) is 5.62. The molecule has 0 aliphatic carbocycles. The molecule has 0 N–H and O–H groups in total. The molecule has 0 heterocycles. The Morgan fingerprint density at radius 3 is 2.33 bits per heavy atom. The van der Waals surface area contributed by atoms with Crippen molar-refractivity contribution in [2.24, 2.45) is 5.92 Å². The van der Waals surface area contributed by atoms with Gasteiger partial charge < -0.3 is 4.74 Å². The molecule has 0 bridgehead atoms. The molecule has 3 heteroatoms. The van der Waals surface area contributed by atoms with Crippen molar-refractivity contribution in [3.63, 3.8) is 0 Å². The van der Waals surface area contributed by atoms with Gasteiger partial charge in [0.15, 0.2) is 0 Å². The van der Waals surface area contributed by atoms with E-state index in [2.05, 4.69) is 25.4 Å². The molecule has 15 heavy (non-hydrogen) atoms. The van der Waals surface area contributed by atoms with Crippen molar-refractivity contribution in [1.82, 2.24) is 0 Å². The second-order valence-electron chi connectivity index (χ2n) is 4.57. The Balaban J connectivity index is 4.98. The van der Waals surface area contributed by atoms with E-state index in [-0.39, 0.29) is 11.9 Å². The predicted octanol–water partition coefficient (Wildman–Crippen LogP) is 3.16. The van der Waals surface area contributed by atoms with E-state index in [4.69, 9.17) is 4.74 Å². The standard InChI is InChI=1S/C12H22O2Si/c1-7-9-11(15(4,5)6)10(3)12(13)14-8-2/h7,10H,8H2,1-6H3/t9?,10-/m0/s1. The summed E-state index contributed by atoms with van der Waals surface area (Å²) in [6, 6.07) is 0. The topological polar surface area (TPSA) is 26.3 Å². The van der Waals surface area contributed by atoms with E-state index >= 15 is 0 Å². The van der Waals surface area contributed by atoms with Gasteiger partial charge in [0.2, 0.25) is 0 Å². The van der Waals surface area contributed by atoms with Crippen LogP contribution in [0.2, 0.25) is 19.6 Å². The van der Waals surface area contributed by atoms with Crippen molar-refractivity contribution in [1.29, 1.82) is 0 Å². The van der Waals surface area contributed by atoms with Crippen LogP contribution in [0.3, 0.4) is 0 Å². The minimum atomic E-state index is -1.49. The molecule has 0 amide bonds. The average Bonchev–Trinajstić information content (AvgIpc) is 2.11. The van der Waals surface area contributed by atoms with Crippen LogP contribution in [0.5, 0.6) is 0 Å². The molecule has 2 nitrogen and oxygen atoms in total. The number of hydrogen-bond acceptors (Lipinski definition) is 2. The number of carbonyl (C=O) groups is 1. The highest BCUT2D eigenvalue weighted by molar-refractivity contribution is 6.83. The molecule has 0 unspecified atom stereocenters. The first-order valence-electron chi connectivity index (χ1n) is 5.42. The second-order valence-corrected chi connectivity index (χ2v) is 9.61. The van der Waals surface area contributed by atoms with Gasteiger partial charge in [0.25, 0.3) is 0 Å². The molecule has 86 valence electrons. The first-order valence-corrected chi connectivity index (χ1v) is 8.92. The van der Waals surface area contributed by atoms with E-state index in [0.717, 1.165) is 5.20 Å². The lowest BCUT2D eigenvalue weighted by Crippen LogP contribution is -2.32. The van der Waals surface area contributed by atoms with Gasteiger partial charge in [-0.3, -0.25) is 4.79 Å². The van der Waals surface area contributed by atoms with Gasteiger partial charge in [-0.05, 0) is 32.0 Å². The van der Waals surface area contributed by atoms with Crippen LogP contribution in [0, 0.1) is 5.92 Å². The van der Waals surface area contributed by atoms with Crippen molar-refractivity contribution in [2.75, 3.05) is 6.61 Å². The molecule has 0 aliphatic heterocycles. The van der Waals surface area contributed by atoms with Gasteiger partial charge in [0, 0.05) is 0 Å². The number of ether oxygens (including phenoxy) is 1. The van der Waals surface area contributed by atoms with Crippen molar-refractivity contribution < 1.29 is 9.53 Å². The van der Waals surface area contributed by atoms with Crippen molar-refractivity contribution in [3.8, 4) is 0 Å². The quantitative estimate of drug-likeness (QED) is 0.418. The van der Waals surface area contributed by atoms with Gasteiger partial charge in [-0.1, -0.05) is 19.6 Å². The van der Waals surface area contributed by atoms with Crippen LogP contribution in [-0.2, 0) is 9.53 Å². The summed E-state index contributed by atoms with van der Waals surface area (Å²) in [4.78, 5) is 11.6. The van der Waals surface area contributed by atoms with Crippen LogP contribution in [0.25, 0.3) is 0 Å². The summed E-state index contributed by atoms with van der Waals surface area (Å²) in [5.74, 6) is -0.294. The van der Waals surface area contributed by atoms with Gasteiger partial charge in [-0.2, -0.15) is 0 Å². The Morgan fingerprint density at radius 2 is 2.00 bits per heavy atom. The average molecular weight is 226 g/mol.